The monoisotopic (exact) mass is 98.1 g/mol. The van der Waals surface area contributed by atoms with Crippen molar-refractivity contribution >= 4 is 0 Å². The summed E-state index contributed by atoms with van der Waals surface area (Å²) < 4.78 is 5.41. The van der Waals surface area contributed by atoms with Gasteiger partial charge in [-0.2, -0.15) is 0 Å². The number of fused-ring (bicyclic) bond motifs is 1. The first-order chi connectivity index (χ1) is 3.37. The van der Waals surface area contributed by atoms with Crippen molar-refractivity contribution < 1.29 is 4.74 Å². The SMILES string of the molecule is CCOC12CC1C2. The molecule has 0 spiro atoms. The number of ether oxygens (including phenoxy) is 1. The Morgan fingerprint density at radius 1 is 1.71 bits per heavy atom. The molecule has 0 bridgehead atoms. The molecule has 2 saturated carbocycles. The highest BCUT2D eigenvalue weighted by Gasteiger charge is 2.71. The van der Waals surface area contributed by atoms with Gasteiger partial charge in [0.15, 0.2) is 0 Å². The number of hydrogen-bond acceptors (Lipinski definition) is 1. The predicted molar refractivity (Wildman–Crippen MR) is 27.1 cm³/mol. The van der Waals surface area contributed by atoms with E-state index in [1.807, 2.05) is 0 Å². The lowest BCUT2D eigenvalue weighted by Crippen LogP contribution is -2.00. The third kappa shape index (κ3) is 0.367. The summed E-state index contributed by atoms with van der Waals surface area (Å²) >= 11 is 0. The van der Waals surface area contributed by atoms with Crippen LogP contribution in [-0.4, -0.2) is 12.2 Å². The van der Waals surface area contributed by atoms with Gasteiger partial charge >= 0.3 is 0 Å². The maximum absolute atomic E-state index is 5.41. The quantitative estimate of drug-likeness (QED) is 0.504. The van der Waals surface area contributed by atoms with Gasteiger partial charge in [0.05, 0.1) is 5.60 Å². The molecule has 0 atom stereocenters. The summed E-state index contributed by atoms with van der Waals surface area (Å²) in [7, 11) is 0. The topological polar surface area (TPSA) is 9.23 Å². The molecule has 2 rings (SSSR count). The third-order valence-electron chi connectivity index (χ3n) is 2.04. The van der Waals surface area contributed by atoms with Crippen LogP contribution in [0.5, 0.6) is 0 Å². The molecule has 0 aromatic heterocycles. The van der Waals surface area contributed by atoms with Gasteiger partial charge in [0.1, 0.15) is 0 Å². The van der Waals surface area contributed by atoms with Crippen molar-refractivity contribution in [3.8, 4) is 0 Å². The summed E-state index contributed by atoms with van der Waals surface area (Å²) in [5.74, 6) is 0.993. The molecule has 2 aliphatic rings. The van der Waals surface area contributed by atoms with Gasteiger partial charge < -0.3 is 4.74 Å². The van der Waals surface area contributed by atoms with Gasteiger partial charge in [-0.15, -0.1) is 0 Å². The standard InChI is InChI=1S/C6H10O/c1-2-7-6-3-5(6)4-6/h5H,2-4H2,1H3. The van der Waals surface area contributed by atoms with E-state index in [4.69, 9.17) is 4.74 Å². The Hall–Kier alpha value is -0.0400. The van der Waals surface area contributed by atoms with Crippen LogP contribution in [0.2, 0.25) is 0 Å². The van der Waals surface area contributed by atoms with Gasteiger partial charge in [0, 0.05) is 6.61 Å². The third-order valence-corrected chi connectivity index (χ3v) is 2.04. The highest BCUT2D eigenvalue weighted by molar-refractivity contribution is 5.22. The zero-order valence-corrected chi connectivity index (χ0v) is 4.61. The van der Waals surface area contributed by atoms with E-state index in [0.29, 0.717) is 5.60 Å². The van der Waals surface area contributed by atoms with E-state index in [-0.39, 0.29) is 0 Å². The van der Waals surface area contributed by atoms with Gasteiger partial charge in [0.2, 0.25) is 0 Å². The molecule has 0 N–H and O–H groups in total. The molecule has 0 radical (unpaired) electrons. The molecule has 40 valence electrons. The lowest BCUT2D eigenvalue weighted by atomic mass is 10.4. The molecule has 2 aliphatic carbocycles. The van der Waals surface area contributed by atoms with Gasteiger partial charge in [0.25, 0.3) is 0 Å². The minimum Gasteiger partial charge on any atom is -0.375 e. The first-order valence-corrected chi connectivity index (χ1v) is 3.01. The van der Waals surface area contributed by atoms with Crippen molar-refractivity contribution in [1.82, 2.24) is 0 Å². The van der Waals surface area contributed by atoms with Gasteiger partial charge in [-0.1, -0.05) is 0 Å². The summed E-state index contributed by atoms with van der Waals surface area (Å²) in [5, 5.41) is 0. The Morgan fingerprint density at radius 2 is 2.29 bits per heavy atom. The largest absolute Gasteiger partial charge is 0.375 e. The highest BCUT2D eigenvalue weighted by Crippen LogP contribution is 2.69. The Bertz CT molecular complexity index is 92.4. The van der Waals surface area contributed by atoms with Crippen LogP contribution in [0.4, 0.5) is 0 Å². The molecule has 0 amide bonds. The molecule has 0 aromatic carbocycles. The van der Waals surface area contributed by atoms with E-state index in [9.17, 15) is 0 Å². The summed E-state index contributed by atoms with van der Waals surface area (Å²) in [5.41, 5.74) is 0.467. The van der Waals surface area contributed by atoms with Crippen molar-refractivity contribution in [2.75, 3.05) is 6.61 Å². The Balaban J connectivity index is 1.87. The van der Waals surface area contributed by atoms with E-state index in [2.05, 4.69) is 6.92 Å². The van der Waals surface area contributed by atoms with E-state index >= 15 is 0 Å². The number of rotatable bonds is 2. The Morgan fingerprint density at radius 3 is 2.43 bits per heavy atom. The number of hydrogen-bond donors (Lipinski definition) is 0. The molecule has 0 heterocycles. The van der Waals surface area contributed by atoms with Crippen LogP contribution in [0.1, 0.15) is 19.8 Å². The zero-order chi connectivity index (χ0) is 4.91. The second kappa shape index (κ2) is 0.873. The van der Waals surface area contributed by atoms with Crippen LogP contribution in [0, 0.1) is 5.92 Å². The normalized spacial score (nSPS) is 53.6. The molecule has 1 nitrogen and oxygen atoms in total. The minimum atomic E-state index is 0.467. The van der Waals surface area contributed by atoms with Gasteiger partial charge in [-0.05, 0) is 25.7 Å². The molecular formula is C6H10O. The first kappa shape index (κ1) is 3.90. The van der Waals surface area contributed by atoms with Crippen LogP contribution in [0.25, 0.3) is 0 Å². The van der Waals surface area contributed by atoms with Crippen molar-refractivity contribution in [3.63, 3.8) is 0 Å². The second-order valence-corrected chi connectivity index (χ2v) is 2.60. The van der Waals surface area contributed by atoms with Crippen LogP contribution >= 0.6 is 0 Å². The Kier molecular flexibility index (Phi) is 0.487. The second-order valence-electron chi connectivity index (χ2n) is 2.60. The Labute approximate surface area is 43.7 Å². The van der Waals surface area contributed by atoms with Crippen LogP contribution in [0.15, 0.2) is 0 Å². The summed E-state index contributed by atoms with van der Waals surface area (Å²) in [4.78, 5) is 0. The average molecular weight is 98.1 g/mol. The van der Waals surface area contributed by atoms with E-state index in [1.54, 1.807) is 0 Å². The fourth-order valence-corrected chi connectivity index (χ4v) is 1.18. The molecule has 0 aromatic rings. The zero-order valence-electron chi connectivity index (χ0n) is 4.61. The fourth-order valence-electron chi connectivity index (χ4n) is 1.18. The highest BCUT2D eigenvalue weighted by atomic mass is 16.5. The van der Waals surface area contributed by atoms with Crippen LogP contribution in [0.3, 0.4) is 0 Å². The summed E-state index contributed by atoms with van der Waals surface area (Å²) in [6.07, 6.45) is 2.72. The smallest absolute Gasteiger partial charge is 0.0720 e. The maximum atomic E-state index is 5.41. The molecule has 0 saturated heterocycles. The molecule has 0 aliphatic heterocycles. The first-order valence-electron chi connectivity index (χ1n) is 3.01. The fraction of sp³-hybridized carbons (Fsp3) is 1.00. The van der Waals surface area contributed by atoms with Crippen LogP contribution < -0.4 is 0 Å². The molecule has 0 unspecified atom stereocenters. The molecule has 7 heavy (non-hydrogen) atoms. The summed E-state index contributed by atoms with van der Waals surface area (Å²) in [6.45, 7) is 2.99. The van der Waals surface area contributed by atoms with Crippen LogP contribution in [-0.2, 0) is 4.74 Å². The van der Waals surface area contributed by atoms with Crippen molar-refractivity contribution in [3.05, 3.63) is 0 Å². The lowest BCUT2D eigenvalue weighted by molar-refractivity contribution is 0.0863. The van der Waals surface area contributed by atoms with E-state index in [1.165, 1.54) is 12.8 Å². The molecule has 1 heteroatoms. The lowest BCUT2D eigenvalue weighted by Gasteiger charge is -1.99. The van der Waals surface area contributed by atoms with E-state index in [0.717, 1.165) is 12.5 Å². The predicted octanol–water partition coefficient (Wildman–Crippen LogP) is 1.19. The van der Waals surface area contributed by atoms with Gasteiger partial charge in [-0.3, -0.25) is 0 Å². The minimum absolute atomic E-state index is 0.467. The summed E-state index contributed by atoms with van der Waals surface area (Å²) in [6, 6.07) is 0. The van der Waals surface area contributed by atoms with Crippen molar-refractivity contribution in [2.45, 2.75) is 25.4 Å². The van der Waals surface area contributed by atoms with Crippen molar-refractivity contribution in [1.29, 1.82) is 0 Å². The van der Waals surface area contributed by atoms with E-state index < -0.39 is 0 Å². The molecular weight excluding hydrogens is 88.1 g/mol. The molecule has 2 fully saturated rings. The average Bonchev–Trinajstić information content (AvgIpc) is 2.22. The van der Waals surface area contributed by atoms with Gasteiger partial charge in [-0.25, -0.2) is 0 Å². The van der Waals surface area contributed by atoms with Crippen molar-refractivity contribution in [2.24, 2.45) is 5.92 Å². The maximum Gasteiger partial charge on any atom is 0.0720 e.